The fourth-order valence-electron chi connectivity index (χ4n) is 5.41. The molecule has 8 heteroatoms. The maximum absolute atomic E-state index is 12.3. The molecule has 218 valence electrons. The third kappa shape index (κ3) is 7.18. The van der Waals surface area contributed by atoms with Crippen LogP contribution in [0, 0.1) is 19.8 Å². The van der Waals surface area contributed by atoms with Crippen molar-refractivity contribution in [3.05, 3.63) is 70.8 Å². The van der Waals surface area contributed by atoms with E-state index in [0.29, 0.717) is 25.7 Å². The van der Waals surface area contributed by atoms with Crippen LogP contribution in [0.15, 0.2) is 48.5 Å². The van der Waals surface area contributed by atoms with Gasteiger partial charge in [-0.05, 0) is 73.6 Å². The molecule has 0 amide bonds. The molecule has 1 aliphatic carbocycles. The first-order valence-electron chi connectivity index (χ1n) is 14.4. The molecule has 2 heterocycles. The number of anilines is 1. The van der Waals surface area contributed by atoms with Gasteiger partial charge in [0.15, 0.2) is 0 Å². The normalized spacial score (nSPS) is 15.3. The minimum atomic E-state index is -0.256. The van der Waals surface area contributed by atoms with E-state index in [0.717, 1.165) is 59.3 Å². The average Bonchev–Trinajstić information content (AvgIpc) is 3.82. The van der Waals surface area contributed by atoms with Crippen molar-refractivity contribution in [3.63, 3.8) is 0 Å². The number of esters is 1. The Labute approximate surface area is 243 Å². The van der Waals surface area contributed by atoms with E-state index in [4.69, 9.17) is 23.9 Å². The summed E-state index contributed by atoms with van der Waals surface area (Å²) in [7, 11) is 3.08. The molecule has 1 aliphatic heterocycles. The Morgan fingerprint density at radius 3 is 2.73 bits per heavy atom. The number of aryl methyl sites for hydroxylation is 2. The predicted octanol–water partition coefficient (Wildman–Crippen LogP) is 5.22. The predicted molar refractivity (Wildman–Crippen MR) is 159 cm³/mol. The van der Waals surface area contributed by atoms with Gasteiger partial charge in [-0.15, -0.1) is 0 Å². The number of aromatic nitrogens is 1. The number of rotatable bonds is 12. The van der Waals surface area contributed by atoms with Gasteiger partial charge < -0.3 is 29.2 Å². The van der Waals surface area contributed by atoms with Crippen LogP contribution in [0.4, 0.5) is 5.82 Å². The third-order valence-corrected chi connectivity index (χ3v) is 7.81. The Morgan fingerprint density at radius 1 is 1.12 bits per heavy atom. The molecule has 0 bridgehead atoms. The lowest BCUT2D eigenvalue weighted by atomic mass is 10.0. The third-order valence-electron chi connectivity index (χ3n) is 7.81. The van der Waals surface area contributed by atoms with Crippen LogP contribution in [0.5, 0.6) is 11.5 Å². The van der Waals surface area contributed by atoms with E-state index in [2.05, 4.69) is 48.3 Å². The van der Waals surface area contributed by atoms with Gasteiger partial charge in [-0.3, -0.25) is 4.79 Å². The molecule has 41 heavy (non-hydrogen) atoms. The fraction of sp³-hybridized carbons (Fsp3) is 0.455. The zero-order chi connectivity index (χ0) is 28.8. The molecule has 2 aliphatic rings. The van der Waals surface area contributed by atoms with Gasteiger partial charge in [0.25, 0.3) is 0 Å². The molecule has 0 radical (unpaired) electrons. The summed E-state index contributed by atoms with van der Waals surface area (Å²) in [5.41, 5.74) is 6.27. The number of benzene rings is 2. The van der Waals surface area contributed by atoms with Gasteiger partial charge in [0.05, 0.1) is 31.9 Å². The van der Waals surface area contributed by atoms with Crippen molar-refractivity contribution in [1.29, 1.82) is 0 Å². The zero-order valence-electron chi connectivity index (χ0n) is 24.6. The second-order valence-electron chi connectivity index (χ2n) is 11.0. The molecule has 1 N–H and O–H groups in total. The number of nitrogens with zero attached hydrogens (tertiary/aromatic N) is 2. The first-order chi connectivity index (χ1) is 20.0. The molecule has 1 aromatic heterocycles. The van der Waals surface area contributed by atoms with Gasteiger partial charge in [0.2, 0.25) is 0 Å². The van der Waals surface area contributed by atoms with E-state index in [-0.39, 0.29) is 18.4 Å². The Kier molecular flexibility index (Phi) is 9.42. The van der Waals surface area contributed by atoms with Crippen LogP contribution in [0.3, 0.4) is 0 Å². The molecule has 8 nitrogen and oxygen atoms in total. The summed E-state index contributed by atoms with van der Waals surface area (Å²) in [5, 5.41) is 3.41. The van der Waals surface area contributed by atoms with Gasteiger partial charge >= 0.3 is 5.97 Å². The highest BCUT2D eigenvalue weighted by Gasteiger charge is 2.31. The topological polar surface area (TPSA) is 82.2 Å². The summed E-state index contributed by atoms with van der Waals surface area (Å²) >= 11 is 0. The maximum atomic E-state index is 12.3. The number of ether oxygens (including phenoxy) is 4. The van der Waals surface area contributed by atoms with E-state index < -0.39 is 0 Å². The van der Waals surface area contributed by atoms with Crippen molar-refractivity contribution in [2.24, 2.45) is 5.92 Å². The largest absolute Gasteiger partial charge is 0.492 e. The summed E-state index contributed by atoms with van der Waals surface area (Å²) in [5.74, 6) is 2.90. The minimum Gasteiger partial charge on any atom is -0.492 e. The molecular weight excluding hydrogens is 518 g/mol. The number of methoxy groups -OCH3 is 2. The number of hydrogen-bond donors (Lipinski definition) is 1. The van der Waals surface area contributed by atoms with Crippen LogP contribution in [0.25, 0.3) is 11.3 Å². The molecule has 1 fully saturated rings. The van der Waals surface area contributed by atoms with Crippen molar-refractivity contribution in [2.45, 2.75) is 52.3 Å². The van der Waals surface area contributed by atoms with Crippen molar-refractivity contribution < 1.29 is 23.7 Å². The number of hydrogen-bond acceptors (Lipinski definition) is 8. The molecule has 1 saturated carbocycles. The standard InChI is InChI=1S/C33H41N3O5/c1-22-7-5-8-27(33(22)41-20-25-15-23(2)28-18-34-13-14-40-30(28)16-25)29-9-6-10-31(35-29)36(19-24-11-12-24)26(21-38-3)17-32(37)39-4/h5-10,15-16,24,26,34H,11-14,17-21H2,1-4H3/t26-/m0/s1. The zero-order valence-corrected chi connectivity index (χ0v) is 24.6. The van der Waals surface area contributed by atoms with Crippen molar-refractivity contribution in [1.82, 2.24) is 10.3 Å². The number of carbonyl (C=O) groups excluding carboxylic acids is 1. The molecule has 1 atom stereocenters. The molecule has 5 rings (SSSR count). The molecule has 0 unspecified atom stereocenters. The number of carbonyl (C=O) groups is 1. The minimum absolute atomic E-state index is 0.169. The van der Waals surface area contributed by atoms with E-state index in [1.807, 2.05) is 24.3 Å². The summed E-state index contributed by atoms with van der Waals surface area (Å²) in [6, 6.07) is 16.3. The monoisotopic (exact) mass is 559 g/mol. The van der Waals surface area contributed by atoms with Gasteiger partial charge in [-0.25, -0.2) is 4.98 Å². The highest BCUT2D eigenvalue weighted by molar-refractivity contribution is 5.72. The SMILES string of the molecule is COC[C@H](CC(=O)OC)N(CC1CC1)c1cccc(-c2cccc(C)c2OCc2cc(C)c3c(c2)OCCNC3)n1. The van der Waals surface area contributed by atoms with Crippen molar-refractivity contribution in [3.8, 4) is 22.8 Å². The van der Waals surface area contributed by atoms with Crippen LogP contribution >= 0.6 is 0 Å². The lowest BCUT2D eigenvalue weighted by Gasteiger charge is -2.32. The summed E-state index contributed by atoms with van der Waals surface area (Å²) < 4.78 is 23.0. The smallest absolute Gasteiger partial charge is 0.307 e. The summed E-state index contributed by atoms with van der Waals surface area (Å²) in [4.78, 5) is 19.6. The van der Waals surface area contributed by atoms with Crippen molar-refractivity contribution in [2.75, 3.05) is 45.4 Å². The van der Waals surface area contributed by atoms with E-state index in [1.165, 1.54) is 31.1 Å². The van der Waals surface area contributed by atoms with Crippen LogP contribution in [-0.4, -0.2) is 57.5 Å². The summed E-state index contributed by atoms with van der Waals surface area (Å²) in [6.45, 7) is 8.15. The van der Waals surface area contributed by atoms with E-state index in [1.54, 1.807) is 7.11 Å². The Morgan fingerprint density at radius 2 is 1.95 bits per heavy atom. The fourth-order valence-corrected chi connectivity index (χ4v) is 5.41. The number of fused-ring (bicyclic) bond motifs is 1. The molecule has 2 aromatic carbocycles. The number of para-hydroxylation sites is 1. The number of pyridine rings is 1. The quantitative estimate of drug-likeness (QED) is 0.303. The van der Waals surface area contributed by atoms with Crippen LogP contribution in [0.2, 0.25) is 0 Å². The first kappa shape index (κ1) is 28.9. The highest BCUT2D eigenvalue weighted by atomic mass is 16.5. The van der Waals surface area contributed by atoms with E-state index >= 15 is 0 Å². The van der Waals surface area contributed by atoms with Gasteiger partial charge in [0.1, 0.15) is 30.5 Å². The Balaban J connectivity index is 1.42. The van der Waals surface area contributed by atoms with Crippen molar-refractivity contribution >= 4 is 11.8 Å². The lowest BCUT2D eigenvalue weighted by molar-refractivity contribution is -0.141. The first-order valence-corrected chi connectivity index (χ1v) is 14.4. The summed E-state index contributed by atoms with van der Waals surface area (Å²) in [6.07, 6.45) is 2.61. The average molecular weight is 560 g/mol. The molecule has 0 saturated heterocycles. The molecular formula is C33H41N3O5. The van der Waals surface area contributed by atoms with Crippen LogP contribution in [0.1, 0.15) is 41.5 Å². The second-order valence-corrected chi connectivity index (χ2v) is 11.0. The van der Waals surface area contributed by atoms with Gasteiger partial charge in [-0.1, -0.05) is 24.3 Å². The van der Waals surface area contributed by atoms with Gasteiger partial charge in [-0.2, -0.15) is 0 Å². The number of nitrogens with one attached hydrogen (secondary N) is 1. The van der Waals surface area contributed by atoms with Crippen LogP contribution < -0.4 is 19.7 Å². The van der Waals surface area contributed by atoms with Crippen LogP contribution in [-0.2, 0) is 27.4 Å². The molecule has 3 aromatic rings. The second kappa shape index (κ2) is 13.4. The maximum Gasteiger partial charge on any atom is 0.307 e. The Bertz CT molecular complexity index is 1360. The molecule has 0 spiro atoms. The highest BCUT2D eigenvalue weighted by Crippen LogP contribution is 2.36. The lowest BCUT2D eigenvalue weighted by Crippen LogP contribution is -2.42. The van der Waals surface area contributed by atoms with E-state index in [9.17, 15) is 4.79 Å². The van der Waals surface area contributed by atoms with Gasteiger partial charge in [0, 0.05) is 37.9 Å². The Hall–Kier alpha value is -3.62.